The second-order valence-corrected chi connectivity index (χ2v) is 8.96. The fourth-order valence-electron chi connectivity index (χ4n) is 4.83. The van der Waals surface area contributed by atoms with Crippen molar-refractivity contribution < 1.29 is 4.74 Å². The first-order valence-corrected chi connectivity index (χ1v) is 11.1. The molecule has 3 aliphatic heterocycles. The van der Waals surface area contributed by atoms with Gasteiger partial charge in [0.2, 0.25) is 5.72 Å². The van der Waals surface area contributed by atoms with Crippen molar-refractivity contribution in [2.24, 2.45) is 5.10 Å². The maximum atomic E-state index is 6.71. The van der Waals surface area contributed by atoms with Gasteiger partial charge in [0.25, 0.3) is 0 Å². The molecule has 3 heterocycles. The van der Waals surface area contributed by atoms with Crippen molar-refractivity contribution >= 4 is 21.6 Å². The molecule has 2 aromatic rings. The van der Waals surface area contributed by atoms with E-state index in [1.54, 1.807) is 0 Å². The monoisotopic (exact) mass is 439 g/mol. The highest BCUT2D eigenvalue weighted by atomic mass is 79.9. The molecular formula is C23H26BrN3O. The molecule has 0 bridgehead atoms. The summed E-state index contributed by atoms with van der Waals surface area (Å²) < 4.78 is 7.81. The summed E-state index contributed by atoms with van der Waals surface area (Å²) in [6, 6.07) is 17.2. The van der Waals surface area contributed by atoms with Gasteiger partial charge in [-0.15, -0.1) is 0 Å². The highest BCUT2D eigenvalue weighted by molar-refractivity contribution is 9.10. The Morgan fingerprint density at radius 3 is 2.68 bits per heavy atom. The molecule has 1 atom stereocenters. The van der Waals surface area contributed by atoms with Crippen molar-refractivity contribution in [2.45, 2.75) is 44.4 Å². The molecule has 146 valence electrons. The number of nitrogens with zero attached hydrogens (tertiary/aromatic N) is 3. The van der Waals surface area contributed by atoms with Crippen molar-refractivity contribution in [1.82, 2.24) is 9.91 Å². The molecule has 0 saturated carbocycles. The summed E-state index contributed by atoms with van der Waals surface area (Å²) in [5, 5.41) is 7.45. The van der Waals surface area contributed by atoms with Crippen molar-refractivity contribution in [3.05, 3.63) is 64.1 Å². The van der Waals surface area contributed by atoms with Gasteiger partial charge < -0.3 is 9.64 Å². The van der Waals surface area contributed by atoms with Gasteiger partial charge in [-0.3, -0.25) is 0 Å². The van der Waals surface area contributed by atoms with E-state index < -0.39 is 0 Å². The maximum Gasteiger partial charge on any atom is 0.200 e. The number of hydrogen-bond donors (Lipinski definition) is 0. The van der Waals surface area contributed by atoms with Gasteiger partial charge in [-0.05, 0) is 36.7 Å². The van der Waals surface area contributed by atoms with Gasteiger partial charge in [0.15, 0.2) is 0 Å². The van der Waals surface area contributed by atoms with Crippen LogP contribution in [-0.2, 0) is 0 Å². The molecule has 0 amide bonds. The molecule has 0 aliphatic carbocycles. The summed E-state index contributed by atoms with van der Waals surface area (Å²) in [6.45, 7) is 5.56. The summed E-state index contributed by atoms with van der Waals surface area (Å²) in [5.41, 5.74) is 3.29. The summed E-state index contributed by atoms with van der Waals surface area (Å²) in [6.07, 6.45) is 4.11. The molecule has 0 unspecified atom stereocenters. The SMILES string of the molecule is CCCN1CCC2(CC1)Oc1ccc(Br)cc1[C@@H]1CC(c3ccccc3)=NN12. The van der Waals surface area contributed by atoms with E-state index in [2.05, 4.69) is 81.3 Å². The highest BCUT2D eigenvalue weighted by Gasteiger charge is 2.51. The fraction of sp³-hybridized carbons (Fsp3) is 0.435. The predicted octanol–water partition coefficient (Wildman–Crippen LogP) is 5.19. The van der Waals surface area contributed by atoms with Gasteiger partial charge in [-0.2, -0.15) is 5.10 Å². The van der Waals surface area contributed by atoms with Gasteiger partial charge in [-0.25, -0.2) is 5.01 Å². The summed E-state index contributed by atoms with van der Waals surface area (Å²) in [5.74, 6) is 1.03. The third kappa shape index (κ3) is 3.05. The number of halogens is 1. The zero-order chi connectivity index (χ0) is 19.1. The Morgan fingerprint density at radius 2 is 1.93 bits per heavy atom. The molecule has 4 nitrogen and oxygen atoms in total. The number of piperidine rings is 1. The van der Waals surface area contributed by atoms with Crippen LogP contribution in [0.5, 0.6) is 5.75 Å². The molecule has 3 aliphatic rings. The molecule has 0 radical (unpaired) electrons. The Labute approximate surface area is 175 Å². The Kier molecular flexibility index (Phi) is 4.68. The normalized spacial score (nSPS) is 23.1. The van der Waals surface area contributed by atoms with Crippen LogP contribution in [0.15, 0.2) is 58.1 Å². The number of hydrogen-bond acceptors (Lipinski definition) is 4. The quantitative estimate of drug-likeness (QED) is 0.657. The van der Waals surface area contributed by atoms with Crippen molar-refractivity contribution in [3.8, 4) is 5.75 Å². The number of fused-ring (bicyclic) bond motifs is 4. The first kappa shape index (κ1) is 18.2. The van der Waals surface area contributed by atoms with Crippen LogP contribution < -0.4 is 4.74 Å². The van der Waals surface area contributed by atoms with Crippen molar-refractivity contribution in [2.75, 3.05) is 19.6 Å². The standard InChI is InChI=1S/C23H26BrN3O/c1-2-12-26-13-10-23(11-14-26)27-21(19-15-18(24)8-9-22(19)28-23)16-20(25-27)17-6-4-3-5-7-17/h3-9,15,21H,2,10-14,16H2,1H3/t21-/m0/s1. The minimum atomic E-state index is -0.327. The van der Waals surface area contributed by atoms with Crippen LogP contribution in [0.25, 0.3) is 0 Å². The molecule has 2 aromatic carbocycles. The Balaban J connectivity index is 1.53. The molecule has 1 saturated heterocycles. The lowest BCUT2D eigenvalue weighted by molar-refractivity contribution is -0.149. The first-order chi connectivity index (χ1) is 13.7. The van der Waals surface area contributed by atoms with Gasteiger partial charge in [-0.1, -0.05) is 53.2 Å². The summed E-state index contributed by atoms with van der Waals surface area (Å²) >= 11 is 3.64. The van der Waals surface area contributed by atoms with Crippen LogP contribution in [0.2, 0.25) is 0 Å². The van der Waals surface area contributed by atoms with Gasteiger partial charge >= 0.3 is 0 Å². The smallest absolute Gasteiger partial charge is 0.200 e. The molecule has 0 aromatic heterocycles. The third-order valence-corrected chi connectivity index (χ3v) is 6.74. The van der Waals surface area contributed by atoms with E-state index in [0.29, 0.717) is 0 Å². The fourth-order valence-corrected chi connectivity index (χ4v) is 5.21. The minimum Gasteiger partial charge on any atom is -0.466 e. The number of benzene rings is 2. The third-order valence-electron chi connectivity index (χ3n) is 6.24. The number of likely N-dealkylation sites (tertiary alicyclic amines) is 1. The van der Waals surface area contributed by atoms with E-state index in [-0.39, 0.29) is 11.8 Å². The Bertz CT molecular complexity index is 890. The molecule has 5 heteroatoms. The van der Waals surface area contributed by atoms with E-state index in [0.717, 1.165) is 48.3 Å². The first-order valence-electron chi connectivity index (χ1n) is 10.3. The van der Waals surface area contributed by atoms with Crippen LogP contribution in [0.1, 0.15) is 49.8 Å². The van der Waals surface area contributed by atoms with Gasteiger partial charge in [0.1, 0.15) is 5.75 Å². The van der Waals surface area contributed by atoms with E-state index >= 15 is 0 Å². The highest BCUT2D eigenvalue weighted by Crippen LogP contribution is 2.50. The van der Waals surface area contributed by atoms with Crippen LogP contribution in [0.3, 0.4) is 0 Å². The lowest BCUT2D eigenvalue weighted by Crippen LogP contribution is -2.59. The van der Waals surface area contributed by atoms with Crippen LogP contribution in [0, 0.1) is 0 Å². The van der Waals surface area contributed by atoms with E-state index in [1.165, 1.54) is 24.1 Å². The second kappa shape index (κ2) is 7.20. The Morgan fingerprint density at radius 1 is 1.14 bits per heavy atom. The molecule has 1 fully saturated rings. The zero-order valence-corrected chi connectivity index (χ0v) is 17.9. The molecular weight excluding hydrogens is 414 g/mol. The van der Waals surface area contributed by atoms with Crippen LogP contribution in [0.4, 0.5) is 0 Å². The molecule has 28 heavy (non-hydrogen) atoms. The molecule has 1 spiro atoms. The van der Waals surface area contributed by atoms with Crippen molar-refractivity contribution in [1.29, 1.82) is 0 Å². The topological polar surface area (TPSA) is 28.1 Å². The zero-order valence-electron chi connectivity index (χ0n) is 16.3. The number of ether oxygens (including phenoxy) is 1. The van der Waals surface area contributed by atoms with Crippen molar-refractivity contribution in [3.63, 3.8) is 0 Å². The van der Waals surface area contributed by atoms with E-state index in [4.69, 9.17) is 9.84 Å². The van der Waals surface area contributed by atoms with Gasteiger partial charge in [0, 0.05) is 42.4 Å². The lowest BCUT2D eigenvalue weighted by Gasteiger charge is -2.51. The summed E-state index contributed by atoms with van der Waals surface area (Å²) in [7, 11) is 0. The minimum absolute atomic E-state index is 0.245. The largest absolute Gasteiger partial charge is 0.466 e. The maximum absolute atomic E-state index is 6.71. The van der Waals surface area contributed by atoms with Gasteiger partial charge in [0.05, 0.1) is 11.8 Å². The second-order valence-electron chi connectivity index (χ2n) is 8.05. The van der Waals surface area contributed by atoms with E-state index in [1.807, 2.05) is 0 Å². The molecule has 0 N–H and O–H groups in total. The Hall–Kier alpha value is -1.85. The number of hydrazone groups is 1. The summed E-state index contributed by atoms with van der Waals surface area (Å²) in [4.78, 5) is 2.55. The number of rotatable bonds is 3. The van der Waals surface area contributed by atoms with E-state index in [9.17, 15) is 0 Å². The average molecular weight is 440 g/mol. The van der Waals surface area contributed by atoms with Crippen LogP contribution >= 0.6 is 15.9 Å². The lowest BCUT2D eigenvalue weighted by atomic mass is 9.90. The molecule has 5 rings (SSSR count). The average Bonchev–Trinajstić information content (AvgIpc) is 3.18. The van der Waals surface area contributed by atoms with Crippen LogP contribution in [-0.4, -0.2) is 41.0 Å². The predicted molar refractivity (Wildman–Crippen MR) is 116 cm³/mol.